The highest BCUT2D eigenvalue weighted by atomic mass is 16.5. The molecule has 1 amide bonds. The lowest BCUT2D eigenvalue weighted by Crippen LogP contribution is -2.33. The number of carbonyl (C=O) groups excluding carboxylic acids is 2. The van der Waals surface area contributed by atoms with Gasteiger partial charge < -0.3 is 14.4 Å². The van der Waals surface area contributed by atoms with E-state index in [1.807, 2.05) is 25.1 Å². The largest absolute Gasteiger partial charge is 0.493 e. The van der Waals surface area contributed by atoms with Gasteiger partial charge >= 0.3 is 0 Å². The SMILES string of the molecule is COc1ccc(C2CN(C=O)CC2(C)C(C)=O)cc1OC1CCCC1. The fourth-order valence-electron chi connectivity index (χ4n) is 4.13. The average Bonchev–Trinajstić information content (AvgIpc) is 3.23. The third-order valence-electron chi connectivity index (χ3n) is 5.86. The maximum Gasteiger partial charge on any atom is 0.209 e. The standard InChI is InChI=1S/C20H27NO4/c1-14(23)20(2)12-21(13-22)11-17(20)15-8-9-18(24-3)19(10-15)25-16-6-4-5-7-16/h8-10,13,16-17H,4-7,11-12H2,1-3H3. The van der Waals surface area contributed by atoms with Gasteiger partial charge in [0.05, 0.1) is 18.6 Å². The minimum absolute atomic E-state index is 0.0352. The van der Waals surface area contributed by atoms with Gasteiger partial charge in [-0.2, -0.15) is 0 Å². The lowest BCUT2D eigenvalue weighted by Gasteiger charge is -2.28. The summed E-state index contributed by atoms with van der Waals surface area (Å²) >= 11 is 0. The van der Waals surface area contributed by atoms with Crippen LogP contribution in [-0.2, 0) is 9.59 Å². The van der Waals surface area contributed by atoms with Crippen molar-refractivity contribution in [1.82, 2.24) is 4.90 Å². The molecule has 2 fully saturated rings. The van der Waals surface area contributed by atoms with E-state index in [0.29, 0.717) is 18.8 Å². The van der Waals surface area contributed by atoms with Crippen molar-refractivity contribution < 1.29 is 19.1 Å². The Hall–Kier alpha value is -2.04. The summed E-state index contributed by atoms with van der Waals surface area (Å²) < 4.78 is 11.6. The van der Waals surface area contributed by atoms with Crippen LogP contribution in [0.25, 0.3) is 0 Å². The number of Topliss-reactive ketones (excluding diaryl/α,β-unsaturated/α-hetero) is 1. The Bertz CT molecular complexity index is 653. The molecule has 0 radical (unpaired) electrons. The summed E-state index contributed by atoms with van der Waals surface area (Å²) in [4.78, 5) is 25.3. The van der Waals surface area contributed by atoms with Crippen LogP contribution in [0.15, 0.2) is 18.2 Å². The van der Waals surface area contributed by atoms with E-state index in [1.54, 1.807) is 18.9 Å². The zero-order valence-electron chi connectivity index (χ0n) is 15.3. The van der Waals surface area contributed by atoms with Gasteiger partial charge in [0, 0.05) is 19.0 Å². The molecule has 1 heterocycles. The van der Waals surface area contributed by atoms with Crippen LogP contribution in [0, 0.1) is 5.41 Å². The maximum atomic E-state index is 12.3. The van der Waals surface area contributed by atoms with E-state index in [1.165, 1.54) is 12.8 Å². The van der Waals surface area contributed by atoms with E-state index in [2.05, 4.69) is 0 Å². The van der Waals surface area contributed by atoms with Crippen LogP contribution in [0.3, 0.4) is 0 Å². The number of ether oxygens (including phenoxy) is 2. The van der Waals surface area contributed by atoms with Crippen LogP contribution in [0.2, 0.25) is 0 Å². The summed E-state index contributed by atoms with van der Waals surface area (Å²) in [5.41, 5.74) is 0.455. The van der Waals surface area contributed by atoms with Gasteiger partial charge in [-0.1, -0.05) is 13.0 Å². The van der Waals surface area contributed by atoms with E-state index >= 15 is 0 Å². The highest BCUT2D eigenvalue weighted by Gasteiger charge is 2.47. The van der Waals surface area contributed by atoms with Crippen LogP contribution in [0.5, 0.6) is 11.5 Å². The fourth-order valence-corrected chi connectivity index (χ4v) is 4.13. The Balaban J connectivity index is 1.92. The van der Waals surface area contributed by atoms with E-state index in [-0.39, 0.29) is 17.8 Å². The number of carbonyl (C=O) groups is 2. The second-order valence-electron chi connectivity index (χ2n) is 7.50. The molecule has 0 N–H and O–H groups in total. The Labute approximate surface area is 149 Å². The van der Waals surface area contributed by atoms with Gasteiger partial charge in [-0.05, 0) is 50.3 Å². The first-order valence-electron chi connectivity index (χ1n) is 9.03. The molecule has 5 nitrogen and oxygen atoms in total. The molecule has 2 atom stereocenters. The van der Waals surface area contributed by atoms with Gasteiger partial charge in [-0.3, -0.25) is 9.59 Å². The molecule has 1 aliphatic heterocycles. The summed E-state index contributed by atoms with van der Waals surface area (Å²) in [7, 11) is 1.64. The average molecular weight is 345 g/mol. The van der Waals surface area contributed by atoms with E-state index in [9.17, 15) is 9.59 Å². The quantitative estimate of drug-likeness (QED) is 0.743. The van der Waals surface area contributed by atoms with Gasteiger partial charge in [-0.25, -0.2) is 0 Å². The summed E-state index contributed by atoms with van der Waals surface area (Å²) in [6.45, 7) is 4.57. The van der Waals surface area contributed by atoms with Crippen LogP contribution >= 0.6 is 0 Å². The van der Waals surface area contributed by atoms with E-state index < -0.39 is 5.41 Å². The molecule has 5 heteroatoms. The molecule has 1 aromatic rings. The molecule has 3 rings (SSSR count). The van der Waals surface area contributed by atoms with Crippen LogP contribution in [0.1, 0.15) is 51.0 Å². The van der Waals surface area contributed by atoms with E-state index in [0.717, 1.165) is 30.6 Å². The second-order valence-corrected chi connectivity index (χ2v) is 7.50. The molecule has 136 valence electrons. The first-order chi connectivity index (χ1) is 12.0. The van der Waals surface area contributed by atoms with Crippen LogP contribution in [0.4, 0.5) is 0 Å². The maximum absolute atomic E-state index is 12.3. The van der Waals surface area contributed by atoms with Crippen molar-refractivity contribution in [1.29, 1.82) is 0 Å². The van der Waals surface area contributed by atoms with Gasteiger partial charge in [0.1, 0.15) is 5.78 Å². The predicted molar refractivity (Wildman–Crippen MR) is 95.0 cm³/mol. The lowest BCUT2D eigenvalue weighted by molar-refractivity contribution is -0.126. The molecular weight excluding hydrogens is 318 g/mol. The van der Waals surface area contributed by atoms with Crippen LogP contribution < -0.4 is 9.47 Å². The number of likely N-dealkylation sites (tertiary alicyclic amines) is 1. The van der Waals surface area contributed by atoms with Crippen molar-refractivity contribution in [2.45, 2.75) is 51.6 Å². The molecule has 25 heavy (non-hydrogen) atoms. The number of ketones is 1. The number of methoxy groups -OCH3 is 1. The Morgan fingerprint density at radius 2 is 2.00 bits per heavy atom. The van der Waals surface area contributed by atoms with Crippen molar-refractivity contribution in [3.05, 3.63) is 23.8 Å². The number of hydrogen-bond acceptors (Lipinski definition) is 4. The molecule has 1 aromatic carbocycles. The molecule has 1 saturated carbocycles. The number of nitrogens with zero attached hydrogens (tertiary/aromatic N) is 1. The normalized spacial score (nSPS) is 26.7. The Morgan fingerprint density at radius 1 is 1.28 bits per heavy atom. The number of hydrogen-bond donors (Lipinski definition) is 0. The van der Waals surface area contributed by atoms with Gasteiger partial charge in [0.2, 0.25) is 6.41 Å². The summed E-state index contributed by atoms with van der Waals surface area (Å²) in [5, 5.41) is 0. The third-order valence-corrected chi connectivity index (χ3v) is 5.86. The highest BCUT2D eigenvalue weighted by molar-refractivity contribution is 5.84. The van der Waals surface area contributed by atoms with Gasteiger partial charge in [0.25, 0.3) is 0 Å². The highest BCUT2D eigenvalue weighted by Crippen LogP contribution is 2.45. The molecule has 2 aliphatic rings. The summed E-state index contributed by atoms with van der Waals surface area (Å²) in [5.74, 6) is 1.52. The molecule has 1 saturated heterocycles. The van der Waals surface area contributed by atoms with Crippen LogP contribution in [-0.4, -0.2) is 43.4 Å². The summed E-state index contributed by atoms with van der Waals surface area (Å²) in [6, 6.07) is 5.89. The molecule has 1 aliphatic carbocycles. The number of benzene rings is 1. The number of amides is 1. The topological polar surface area (TPSA) is 55.8 Å². The van der Waals surface area contributed by atoms with Gasteiger partial charge in [-0.15, -0.1) is 0 Å². The molecule has 0 bridgehead atoms. The zero-order chi connectivity index (χ0) is 18.0. The van der Waals surface area contributed by atoms with Crippen molar-refractivity contribution in [3.63, 3.8) is 0 Å². The molecule has 0 spiro atoms. The molecular formula is C20H27NO4. The van der Waals surface area contributed by atoms with Crippen molar-refractivity contribution in [3.8, 4) is 11.5 Å². The van der Waals surface area contributed by atoms with Crippen molar-refractivity contribution >= 4 is 12.2 Å². The summed E-state index contributed by atoms with van der Waals surface area (Å²) in [6.07, 6.45) is 5.61. The lowest BCUT2D eigenvalue weighted by atomic mass is 9.73. The minimum Gasteiger partial charge on any atom is -0.493 e. The first-order valence-corrected chi connectivity index (χ1v) is 9.03. The third kappa shape index (κ3) is 3.37. The zero-order valence-corrected chi connectivity index (χ0v) is 15.3. The molecule has 2 unspecified atom stereocenters. The second kappa shape index (κ2) is 7.06. The van der Waals surface area contributed by atoms with E-state index in [4.69, 9.17) is 9.47 Å². The van der Waals surface area contributed by atoms with Crippen molar-refractivity contribution in [2.24, 2.45) is 5.41 Å². The van der Waals surface area contributed by atoms with Crippen molar-refractivity contribution in [2.75, 3.05) is 20.2 Å². The predicted octanol–water partition coefficient (Wildman–Crippen LogP) is 3.17. The smallest absolute Gasteiger partial charge is 0.209 e. The first kappa shape index (κ1) is 17.8. The fraction of sp³-hybridized carbons (Fsp3) is 0.600. The van der Waals surface area contributed by atoms with Gasteiger partial charge in [0.15, 0.2) is 11.5 Å². The molecule has 0 aromatic heterocycles. The monoisotopic (exact) mass is 345 g/mol. The Kier molecular flexibility index (Phi) is 5.02. The minimum atomic E-state index is -0.569. The number of rotatable bonds is 6. The Morgan fingerprint density at radius 3 is 2.60 bits per heavy atom.